The molecule has 2 nitrogen and oxygen atoms in total. The van der Waals surface area contributed by atoms with Gasteiger partial charge in [-0.05, 0) is 32.6 Å². The standard InChI is InChI=1S/C9H14O2/c1-3-8(10)11-9(2)6-4-5-7-9/h3H,1,4-7H2,2H3. The van der Waals surface area contributed by atoms with E-state index in [1.165, 1.54) is 18.9 Å². The van der Waals surface area contributed by atoms with Gasteiger partial charge in [-0.1, -0.05) is 6.58 Å². The van der Waals surface area contributed by atoms with E-state index in [4.69, 9.17) is 4.74 Å². The maximum Gasteiger partial charge on any atom is 0.330 e. The summed E-state index contributed by atoms with van der Waals surface area (Å²) in [6.45, 7) is 5.35. The minimum absolute atomic E-state index is 0.203. The van der Waals surface area contributed by atoms with E-state index in [9.17, 15) is 4.79 Å². The Morgan fingerprint density at radius 1 is 1.55 bits per heavy atom. The molecule has 0 atom stereocenters. The summed E-state index contributed by atoms with van der Waals surface area (Å²) in [5.41, 5.74) is -0.203. The molecule has 0 aromatic heterocycles. The Labute approximate surface area is 67.2 Å². The van der Waals surface area contributed by atoms with Gasteiger partial charge in [0.2, 0.25) is 0 Å². The Morgan fingerprint density at radius 3 is 2.55 bits per heavy atom. The lowest BCUT2D eigenvalue weighted by Crippen LogP contribution is -2.26. The first kappa shape index (κ1) is 8.31. The first-order chi connectivity index (χ1) is 5.16. The highest BCUT2D eigenvalue weighted by Crippen LogP contribution is 2.32. The van der Waals surface area contributed by atoms with Crippen LogP contribution in [0.25, 0.3) is 0 Å². The van der Waals surface area contributed by atoms with Crippen molar-refractivity contribution < 1.29 is 9.53 Å². The average molecular weight is 154 g/mol. The first-order valence-electron chi connectivity index (χ1n) is 4.02. The molecular weight excluding hydrogens is 140 g/mol. The van der Waals surface area contributed by atoms with Crippen molar-refractivity contribution in [3.05, 3.63) is 12.7 Å². The fraction of sp³-hybridized carbons (Fsp3) is 0.667. The summed E-state index contributed by atoms with van der Waals surface area (Å²) >= 11 is 0. The molecule has 0 heterocycles. The van der Waals surface area contributed by atoms with Gasteiger partial charge in [-0.3, -0.25) is 0 Å². The molecule has 1 rings (SSSR count). The van der Waals surface area contributed by atoms with E-state index in [1.807, 2.05) is 6.92 Å². The quantitative estimate of drug-likeness (QED) is 0.449. The van der Waals surface area contributed by atoms with Crippen LogP contribution in [0.1, 0.15) is 32.6 Å². The summed E-state index contributed by atoms with van der Waals surface area (Å²) in [5.74, 6) is -0.297. The van der Waals surface area contributed by atoms with Crippen molar-refractivity contribution >= 4 is 5.97 Å². The Bertz CT molecular complexity index is 166. The molecule has 0 N–H and O–H groups in total. The van der Waals surface area contributed by atoms with Crippen molar-refractivity contribution in [2.75, 3.05) is 0 Å². The van der Waals surface area contributed by atoms with Crippen LogP contribution in [-0.4, -0.2) is 11.6 Å². The second kappa shape index (κ2) is 3.07. The molecule has 0 saturated heterocycles. The molecule has 1 aliphatic rings. The Hall–Kier alpha value is -0.790. The Balaban J connectivity index is 2.45. The van der Waals surface area contributed by atoms with Crippen LogP contribution in [0.4, 0.5) is 0 Å². The van der Waals surface area contributed by atoms with Crippen molar-refractivity contribution in [3.63, 3.8) is 0 Å². The lowest BCUT2D eigenvalue weighted by atomic mass is 10.1. The van der Waals surface area contributed by atoms with Crippen molar-refractivity contribution in [3.8, 4) is 0 Å². The van der Waals surface area contributed by atoms with E-state index in [0.717, 1.165) is 12.8 Å². The number of rotatable bonds is 2. The molecule has 11 heavy (non-hydrogen) atoms. The third-order valence-corrected chi connectivity index (χ3v) is 2.17. The third-order valence-electron chi connectivity index (χ3n) is 2.17. The molecule has 1 saturated carbocycles. The molecule has 0 radical (unpaired) electrons. The predicted molar refractivity (Wildman–Crippen MR) is 43.2 cm³/mol. The second-order valence-electron chi connectivity index (χ2n) is 3.28. The molecule has 0 aliphatic heterocycles. The fourth-order valence-electron chi connectivity index (χ4n) is 1.51. The summed E-state index contributed by atoms with van der Waals surface area (Å²) in [5, 5.41) is 0. The largest absolute Gasteiger partial charge is 0.456 e. The summed E-state index contributed by atoms with van der Waals surface area (Å²) in [6, 6.07) is 0. The molecule has 0 aromatic rings. The van der Waals surface area contributed by atoms with Crippen molar-refractivity contribution in [1.29, 1.82) is 0 Å². The molecule has 0 spiro atoms. The van der Waals surface area contributed by atoms with E-state index < -0.39 is 0 Å². The number of esters is 1. The van der Waals surface area contributed by atoms with Gasteiger partial charge in [0.1, 0.15) is 5.60 Å². The van der Waals surface area contributed by atoms with Gasteiger partial charge in [0.25, 0.3) is 0 Å². The molecule has 62 valence electrons. The lowest BCUT2D eigenvalue weighted by molar-refractivity contribution is -0.151. The van der Waals surface area contributed by atoms with Crippen molar-refractivity contribution in [1.82, 2.24) is 0 Å². The summed E-state index contributed by atoms with van der Waals surface area (Å²) < 4.78 is 5.19. The smallest absolute Gasteiger partial charge is 0.330 e. The molecule has 2 heteroatoms. The van der Waals surface area contributed by atoms with Gasteiger partial charge in [-0.2, -0.15) is 0 Å². The fourth-order valence-corrected chi connectivity index (χ4v) is 1.51. The highest BCUT2D eigenvalue weighted by atomic mass is 16.6. The van der Waals surface area contributed by atoms with Gasteiger partial charge in [-0.25, -0.2) is 4.79 Å². The maximum atomic E-state index is 10.8. The second-order valence-corrected chi connectivity index (χ2v) is 3.28. The molecule has 0 unspecified atom stereocenters. The van der Waals surface area contributed by atoms with E-state index in [-0.39, 0.29) is 11.6 Å². The average Bonchev–Trinajstić information content (AvgIpc) is 2.36. The topological polar surface area (TPSA) is 26.3 Å². The van der Waals surface area contributed by atoms with Crippen LogP contribution in [0.15, 0.2) is 12.7 Å². The molecular formula is C9H14O2. The molecule has 0 amide bonds. The van der Waals surface area contributed by atoms with Gasteiger partial charge >= 0.3 is 5.97 Å². The van der Waals surface area contributed by atoms with Crippen molar-refractivity contribution in [2.24, 2.45) is 0 Å². The predicted octanol–water partition coefficient (Wildman–Crippen LogP) is 2.05. The SMILES string of the molecule is C=CC(=O)OC1(C)CCCC1. The van der Waals surface area contributed by atoms with Gasteiger partial charge < -0.3 is 4.74 Å². The molecule has 0 bridgehead atoms. The summed E-state index contributed by atoms with van der Waals surface area (Å²) in [4.78, 5) is 10.8. The van der Waals surface area contributed by atoms with Crippen LogP contribution in [0, 0.1) is 0 Å². The van der Waals surface area contributed by atoms with Crippen LogP contribution in [0.2, 0.25) is 0 Å². The zero-order valence-corrected chi connectivity index (χ0v) is 6.93. The van der Waals surface area contributed by atoms with Crippen molar-refractivity contribution in [2.45, 2.75) is 38.2 Å². The minimum atomic E-state index is -0.297. The van der Waals surface area contributed by atoms with E-state index in [1.54, 1.807) is 0 Å². The van der Waals surface area contributed by atoms with Gasteiger partial charge in [0, 0.05) is 6.08 Å². The van der Waals surface area contributed by atoms with Crippen LogP contribution < -0.4 is 0 Å². The van der Waals surface area contributed by atoms with Gasteiger partial charge in [0.15, 0.2) is 0 Å². The number of hydrogen-bond donors (Lipinski definition) is 0. The van der Waals surface area contributed by atoms with Crippen LogP contribution in [0.3, 0.4) is 0 Å². The molecule has 0 aromatic carbocycles. The Kier molecular flexibility index (Phi) is 2.32. The number of carbonyl (C=O) groups is 1. The van der Waals surface area contributed by atoms with Crippen LogP contribution in [-0.2, 0) is 9.53 Å². The van der Waals surface area contributed by atoms with Gasteiger partial charge in [-0.15, -0.1) is 0 Å². The zero-order chi connectivity index (χ0) is 8.32. The summed E-state index contributed by atoms with van der Waals surface area (Å²) in [6.07, 6.45) is 5.55. The Morgan fingerprint density at radius 2 is 2.09 bits per heavy atom. The normalized spacial score (nSPS) is 21.2. The van der Waals surface area contributed by atoms with Crippen LogP contribution >= 0.6 is 0 Å². The number of carbonyl (C=O) groups excluding carboxylic acids is 1. The zero-order valence-electron chi connectivity index (χ0n) is 6.93. The van der Waals surface area contributed by atoms with E-state index in [0.29, 0.717) is 0 Å². The highest BCUT2D eigenvalue weighted by molar-refractivity contribution is 5.81. The van der Waals surface area contributed by atoms with E-state index in [2.05, 4.69) is 6.58 Å². The monoisotopic (exact) mass is 154 g/mol. The maximum absolute atomic E-state index is 10.8. The number of hydrogen-bond acceptors (Lipinski definition) is 2. The van der Waals surface area contributed by atoms with E-state index >= 15 is 0 Å². The first-order valence-corrected chi connectivity index (χ1v) is 4.02. The molecule has 1 aliphatic carbocycles. The number of ether oxygens (including phenoxy) is 1. The van der Waals surface area contributed by atoms with Crippen LogP contribution in [0.5, 0.6) is 0 Å². The van der Waals surface area contributed by atoms with Gasteiger partial charge in [0.05, 0.1) is 0 Å². The molecule has 1 fully saturated rings. The minimum Gasteiger partial charge on any atom is -0.456 e. The highest BCUT2D eigenvalue weighted by Gasteiger charge is 2.31. The third kappa shape index (κ3) is 2.07. The summed E-state index contributed by atoms with van der Waals surface area (Å²) in [7, 11) is 0. The lowest BCUT2D eigenvalue weighted by Gasteiger charge is -2.22.